The van der Waals surface area contributed by atoms with Crippen LogP contribution in [0.3, 0.4) is 0 Å². The summed E-state index contributed by atoms with van der Waals surface area (Å²) in [7, 11) is 0. The van der Waals surface area contributed by atoms with Gasteiger partial charge in [0, 0.05) is 18.0 Å². The highest BCUT2D eigenvalue weighted by Gasteiger charge is 2.12. The van der Waals surface area contributed by atoms with E-state index in [1.807, 2.05) is 5.38 Å². The fourth-order valence-electron chi connectivity index (χ4n) is 1.92. The zero-order valence-electron chi connectivity index (χ0n) is 8.13. The van der Waals surface area contributed by atoms with Crippen LogP contribution in [0.5, 0.6) is 0 Å². The van der Waals surface area contributed by atoms with Gasteiger partial charge in [-0.2, -0.15) is 0 Å². The molecule has 0 atom stereocenters. The van der Waals surface area contributed by atoms with E-state index in [2.05, 4.69) is 10.3 Å². The highest BCUT2D eigenvalue weighted by Crippen LogP contribution is 2.19. The van der Waals surface area contributed by atoms with Crippen molar-refractivity contribution >= 4 is 22.9 Å². The molecule has 0 radical (unpaired) electrons. The van der Waals surface area contributed by atoms with Crippen LogP contribution in [-0.2, 0) is 6.54 Å². The van der Waals surface area contributed by atoms with E-state index >= 15 is 0 Å². The molecule has 2 rings (SSSR count). The van der Waals surface area contributed by atoms with Crippen molar-refractivity contribution in [2.24, 2.45) is 0 Å². The van der Waals surface area contributed by atoms with Crippen molar-refractivity contribution in [2.45, 2.75) is 44.7 Å². The maximum absolute atomic E-state index is 5.76. The van der Waals surface area contributed by atoms with Crippen LogP contribution in [0, 0.1) is 0 Å². The van der Waals surface area contributed by atoms with Gasteiger partial charge in [-0.1, -0.05) is 30.9 Å². The summed E-state index contributed by atoms with van der Waals surface area (Å²) in [6, 6.07) is 0.698. The van der Waals surface area contributed by atoms with Crippen molar-refractivity contribution in [3.63, 3.8) is 0 Å². The van der Waals surface area contributed by atoms with Crippen molar-refractivity contribution in [1.82, 2.24) is 10.3 Å². The van der Waals surface area contributed by atoms with Gasteiger partial charge in [-0.05, 0) is 12.8 Å². The predicted molar refractivity (Wildman–Crippen MR) is 60.8 cm³/mol. The van der Waals surface area contributed by atoms with Crippen molar-refractivity contribution in [2.75, 3.05) is 0 Å². The van der Waals surface area contributed by atoms with E-state index in [1.165, 1.54) is 43.4 Å². The van der Waals surface area contributed by atoms with E-state index in [-0.39, 0.29) is 0 Å². The smallest absolute Gasteiger partial charge is 0.183 e. The number of halogens is 1. The summed E-state index contributed by atoms with van der Waals surface area (Å²) in [5.41, 5.74) is 1.07. The molecule has 0 aliphatic heterocycles. The first-order chi connectivity index (χ1) is 6.84. The zero-order valence-corrected chi connectivity index (χ0v) is 9.70. The summed E-state index contributed by atoms with van der Waals surface area (Å²) >= 11 is 7.27. The highest BCUT2D eigenvalue weighted by atomic mass is 35.5. The molecule has 1 aromatic rings. The summed E-state index contributed by atoms with van der Waals surface area (Å²) in [6.07, 6.45) is 6.78. The van der Waals surface area contributed by atoms with Crippen LogP contribution in [0.1, 0.15) is 37.8 Å². The summed E-state index contributed by atoms with van der Waals surface area (Å²) in [5, 5.41) is 5.56. The lowest BCUT2D eigenvalue weighted by atomic mass is 9.95. The van der Waals surface area contributed by atoms with E-state index in [4.69, 9.17) is 11.6 Å². The van der Waals surface area contributed by atoms with E-state index in [9.17, 15) is 0 Å². The molecule has 1 fully saturated rings. The minimum atomic E-state index is 0.644. The number of nitrogens with one attached hydrogen (secondary N) is 1. The van der Waals surface area contributed by atoms with Crippen LogP contribution in [0.15, 0.2) is 5.38 Å². The molecule has 78 valence electrons. The quantitative estimate of drug-likeness (QED) is 0.863. The molecule has 2 nitrogen and oxygen atoms in total. The predicted octanol–water partition coefficient (Wildman–Crippen LogP) is 3.22. The van der Waals surface area contributed by atoms with E-state index in [1.54, 1.807) is 0 Å². The number of rotatable bonds is 3. The molecule has 0 spiro atoms. The van der Waals surface area contributed by atoms with Crippen LogP contribution in [0.4, 0.5) is 0 Å². The Morgan fingerprint density at radius 1 is 1.43 bits per heavy atom. The summed E-state index contributed by atoms with van der Waals surface area (Å²) < 4.78 is 0.644. The standard InChI is InChI=1S/C10H15ClN2S/c11-10-13-9(7-14-10)6-12-8-4-2-1-3-5-8/h7-8,12H,1-6H2. The number of hydrogen-bond acceptors (Lipinski definition) is 3. The monoisotopic (exact) mass is 230 g/mol. The Labute approximate surface area is 93.7 Å². The minimum absolute atomic E-state index is 0.644. The van der Waals surface area contributed by atoms with E-state index < -0.39 is 0 Å². The molecule has 0 bridgehead atoms. The lowest BCUT2D eigenvalue weighted by molar-refractivity contribution is 0.371. The van der Waals surface area contributed by atoms with Gasteiger partial charge >= 0.3 is 0 Å². The second kappa shape index (κ2) is 5.10. The van der Waals surface area contributed by atoms with Crippen LogP contribution >= 0.6 is 22.9 Å². The fourth-order valence-corrected chi connectivity index (χ4v) is 2.70. The molecule has 0 amide bonds. The number of hydrogen-bond donors (Lipinski definition) is 1. The average molecular weight is 231 g/mol. The first-order valence-electron chi connectivity index (χ1n) is 5.18. The van der Waals surface area contributed by atoms with Gasteiger partial charge in [0.15, 0.2) is 4.47 Å². The Bertz CT molecular complexity index is 281. The van der Waals surface area contributed by atoms with Gasteiger partial charge in [0.25, 0.3) is 0 Å². The van der Waals surface area contributed by atoms with Crippen LogP contribution in [-0.4, -0.2) is 11.0 Å². The highest BCUT2D eigenvalue weighted by molar-refractivity contribution is 7.13. The molecule has 0 unspecified atom stereocenters. The van der Waals surface area contributed by atoms with E-state index in [0.29, 0.717) is 10.5 Å². The van der Waals surface area contributed by atoms with Gasteiger partial charge in [0.2, 0.25) is 0 Å². The first-order valence-corrected chi connectivity index (χ1v) is 6.43. The van der Waals surface area contributed by atoms with Gasteiger partial charge in [-0.3, -0.25) is 0 Å². The maximum atomic E-state index is 5.76. The number of thiazole rings is 1. The fraction of sp³-hybridized carbons (Fsp3) is 0.700. The maximum Gasteiger partial charge on any atom is 0.183 e. The molecule has 0 saturated heterocycles. The third-order valence-corrected chi connectivity index (χ3v) is 3.73. The van der Waals surface area contributed by atoms with Gasteiger partial charge < -0.3 is 5.32 Å². The Morgan fingerprint density at radius 3 is 2.86 bits per heavy atom. The van der Waals surface area contributed by atoms with Crippen molar-refractivity contribution < 1.29 is 0 Å². The zero-order chi connectivity index (χ0) is 9.80. The second-order valence-corrected chi connectivity index (χ2v) is 5.25. The third kappa shape index (κ3) is 2.94. The Kier molecular flexibility index (Phi) is 3.79. The average Bonchev–Trinajstić information content (AvgIpc) is 2.63. The molecule has 0 aromatic carbocycles. The van der Waals surface area contributed by atoms with Crippen molar-refractivity contribution in [1.29, 1.82) is 0 Å². The molecule has 1 aliphatic carbocycles. The van der Waals surface area contributed by atoms with Crippen LogP contribution < -0.4 is 5.32 Å². The Morgan fingerprint density at radius 2 is 2.21 bits per heavy atom. The molecule has 1 saturated carbocycles. The SMILES string of the molecule is Clc1nc(CNC2CCCCC2)cs1. The van der Waals surface area contributed by atoms with Gasteiger partial charge in [-0.25, -0.2) is 4.98 Å². The molecule has 1 aliphatic rings. The summed E-state index contributed by atoms with van der Waals surface area (Å²) in [5.74, 6) is 0. The molecule has 1 N–H and O–H groups in total. The van der Waals surface area contributed by atoms with Crippen LogP contribution in [0.2, 0.25) is 4.47 Å². The molecule has 1 heterocycles. The third-order valence-electron chi connectivity index (χ3n) is 2.70. The first kappa shape index (κ1) is 10.4. The topological polar surface area (TPSA) is 24.9 Å². The molecule has 4 heteroatoms. The second-order valence-electron chi connectivity index (χ2n) is 3.81. The van der Waals surface area contributed by atoms with Gasteiger partial charge in [0.1, 0.15) is 0 Å². The van der Waals surface area contributed by atoms with Crippen molar-refractivity contribution in [3.05, 3.63) is 15.5 Å². The lowest BCUT2D eigenvalue weighted by Crippen LogP contribution is -2.30. The summed E-state index contributed by atoms with van der Waals surface area (Å²) in [6.45, 7) is 0.869. The minimum Gasteiger partial charge on any atom is -0.308 e. The lowest BCUT2D eigenvalue weighted by Gasteiger charge is -2.22. The van der Waals surface area contributed by atoms with Gasteiger partial charge in [-0.15, -0.1) is 11.3 Å². The largest absolute Gasteiger partial charge is 0.308 e. The molecular weight excluding hydrogens is 216 g/mol. The molecular formula is C10H15ClN2S. The number of nitrogens with zero attached hydrogens (tertiary/aromatic N) is 1. The van der Waals surface area contributed by atoms with E-state index in [0.717, 1.165) is 12.2 Å². The number of aromatic nitrogens is 1. The van der Waals surface area contributed by atoms with Crippen LogP contribution in [0.25, 0.3) is 0 Å². The normalized spacial score (nSPS) is 18.6. The Balaban J connectivity index is 1.76. The summed E-state index contributed by atoms with van der Waals surface area (Å²) in [4.78, 5) is 4.22. The molecule has 1 aromatic heterocycles. The van der Waals surface area contributed by atoms with Gasteiger partial charge in [0.05, 0.1) is 5.69 Å². The Hall–Kier alpha value is -0.120. The van der Waals surface area contributed by atoms with Crippen molar-refractivity contribution in [3.8, 4) is 0 Å². The molecule has 14 heavy (non-hydrogen) atoms.